The second kappa shape index (κ2) is 10.0. The molecule has 0 aliphatic carbocycles. The lowest BCUT2D eigenvalue weighted by Crippen LogP contribution is -2.34. The quantitative estimate of drug-likeness (QED) is 0.503. The minimum Gasteiger partial charge on any atom is -0.496 e. The first kappa shape index (κ1) is 22.1. The molecule has 3 aromatic carbocycles. The third-order valence-electron chi connectivity index (χ3n) is 5.56. The second-order valence-corrected chi connectivity index (χ2v) is 7.37. The minimum atomic E-state index is -0.155. The first-order chi connectivity index (χ1) is 16.2. The van der Waals surface area contributed by atoms with Crippen molar-refractivity contribution < 1.29 is 18.9 Å². The number of rotatable bonds is 8. The van der Waals surface area contributed by atoms with Crippen LogP contribution in [0.25, 0.3) is 6.08 Å². The van der Waals surface area contributed by atoms with Crippen LogP contribution in [0.4, 0.5) is 5.69 Å². The molecule has 0 saturated carbocycles. The van der Waals surface area contributed by atoms with E-state index in [-0.39, 0.29) is 6.04 Å². The summed E-state index contributed by atoms with van der Waals surface area (Å²) in [6.45, 7) is 0. The fourth-order valence-corrected chi connectivity index (χ4v) is 4.00. The van der Waals surface area contributed by atoms with E-state index < -0.39 is 0 Å². The number of hydrogen-bond donors (Lipinski definition) is 1. The SMILES string of the molecule is COc1cccc(OC)c1C=CC1=CC(c2c(OC)cccc2OC)N(c2ccccc2)N1. The van der Waals surface area contributed by atoms with Crippen molar-refractivity contribution in [3.63, 3.8) is 0 Å². The molecule has 0 fully saturated rings. The number of allylic oxidation sites excluding steroid dienone is 1. The number of anilines is 1. The van der Waals surface area contributed by atoms with Gasteiger partial charge in [-0.2, -0.15) is 0 Å². The molecule has 0 spiro atoms. The summed E-state index contributed by atoms with van der Waals surface area (Å²) in [6.07, 6.45) is 6.14. The van der Waals surface area contributed by atoms with Crippen molar-refractivity contribution in [3.8, 4) is 23.0 Å². The average Bonchev–Trinajstić information content (AvgIpc) is 3.30. The van der Waals surface area contributed by atoms with Crippen LogP contribution in [0.5, 0.6) is 23.0 Å². The van der Waals surface area contributed by atoms with Crippen LogP contribution in [0.15, 0.2) is 84.6 Å². The topological polar surface area (TPSA) is 52.2 Å². The van der Waals surface area contributed by atoms with Crippen LogP contribution in [0.2, 0.25) is 0 Å². The second-order valence-electron chi connectivity index (χ2n) is 7.37. The van der Waals surface area contributed by atoms with Gasteiger partial charge in [-0.3, -0.25) is 10.4 Å². The minimum absolute atomic E-state index is 0.155. The Morgan fingerprint density at radius 2 is 1.21 bits per heavy atom. The summed E-state index contributed by atoms with van der Waals surface area (Å²) in [5.74, 6) is 3.00. The van der Waals surface area contributed by atoms with E-state index >= 15 is 0 Å². The number of para-hydroxylation sites is 1. The maximum absolute atomic E-state index is 5.69. The molecule has 1 aliphatic rings. The van der Waals surface area contributed by atoms with E-state index in [0.717, 1.165) is 45.5 Å². The predicted octanol–water partition coefficient (Wildman–Crippen LogP) is 5.38. The van der Waals surface area contributed by atoms with Crippen molar-refractivity contribution in [2.75, 3.05) is 33.4 Å². The van der Waals surface area contributed by atoms with Crippen LogP contribution < -0.4 is 29.4 Å². The van der Waals surface area contributed by atoms with Crippen molar-refractivity contribution in [3.05, 3.63) is 95.7 Å². The summed E-state index contributed by atoms with van der Waals surface area (Å²) in [5.41, 5.74) is 7.27. The van der Waals surface area contributed by atoms with Crippen molar-refractivity contribution in [2.45, 2.75) is 6.04 Å². The lowest BCUT2D eigenvalue weighted by atomic mass is 10.0. The van der Waals surface area contributed by atoms with Gasteiger partial charge in [-0.15, -0.1) is 0 Å². The highest BCUT2D eigenvalue weighted by atomic mass is 16.5. The number of nitrogens with one attached hydrogen (secondary N) is 1. The van der Waals surface area contributed by atoms with Crippen LogP contribution in [-0.2, 0) is 0 Å². The fourth-order valence-electron chi connectivity index (χ4n) is 4.00. The van der Waals surface area contributed by atoms with E-state index in [0.29, 0.717) is 0 Å². The molecule has 1 aliphatic heterocycles. The zero-order valence-electron chi connectivity index (χ0n) is 19.2. The van der Waals surface area contributed by atoms with Gasteiger partial charge in [0.2, 0.25) is 0 Å². The van der Waals surface area contributed by atoms with Crippen LogP contribution in [-0.4, -0.2) is 28.4 Å². The molecule has 33 heavy (non-hydrogen) atoms. The zero-order valence-corrected chi connectivity index (χ0v) is 19.2. The Bertz CT molecular complexity index is 1110. The van der Waals surface area contributed by atoms with E-state index in [4.69, 9.17) is 18.9 Å². The monoisotopic (exact) mass is 444 g/mol. The summed E-state index contributed by atoms with van der Waals surface area (Å²) in [5, 5.41) is 2.10. The molecule has 1 unspecified atom stereocenters. The molecule has 0 radical (unpaired) electrons. The first-order valence-electron chi connectivity index (χ1n) is 10.6. The Morgan fingerprint density at radius 3 is 1.76 bits per heavy atom. The van der Waals surface area contributed by atoms with Gasteiger partial charge < -0.3 is 18.9 Å². The van der Waals surface area contributed by atoms with Gasteiger partial charge >= 0.3 is 0 Å². The summed E-state index contributed by atoms with van der Waals surface area (Å²) in [7, 11) is 6.65. The van der Waals surface area contributed by atoms with Crippen LogP contribution in [0, 0.1) is 0 Å². The molecular weight excluding hydrogens is 416 g/mol. The van der Waals surface area contributed by atoms with Crippen molar-refractivity contribution in [2.24, 2.45) is 0 Å². The van der Waals surface area contributed by atoms with Gasteiger partial charge in [0.25, 0.3) is 0 Å². The number of hydrazine groups is 1. The van der Waals surface area contributed by atoms with Crippen LogP contribution in [0.1, 0.15) is 17.2 Å². The molecule has 0 aromatic heterocycles. The largest absolute Gasteiger partial charge is 0.496 e. The highest BCUT2D eigenvalue weighted by molar-refractivity contribution is 5.67. The zero-order chi connectivity index (χ0) is 23.2. The molecule has 3 aromatic rings. The molecule has 6 heteroatoms. The Labute approximate surface area is 194 Å². The number of methoxy groups -OCH3 is 4. The predicted molar refractivity (Wildman–Crippen MR) is 131 cm³/mol. The van der Waals surface area contributed by atoms with Gasteiger partial charge in [-0.1, -0.05) is 30.3 Å². The lowest BCUT2D eigenvalue weighted by molar-refractivity contribution is 0.381. The number of nitrogens with zero attached hydrogens (tertiary/aromatic N) is 1. The van der Waals surface area contributed by atoms with Gasteiger partial charge in [0.15, 0.2) is 0 Å². The third kappa shape index (κ3) is 4.46. The maximum Gasteiger partial charge on any atom is 0.129 e. The smallest absolute Gasteiger partial charge is 0.129 e. The van der Waals surface area contributed by atoms with E-state index in [1.807, 2.05) is 66.7 Å². The number of benzene rings is 3. The number of hydrogen-bond acceptors (Lipinski definition) is 6. The average molecular weight is 445 g/mol. The highest BCUT2D eigenvalue weighted by Gasteiger charge is 2.30. The van der Waals surface area contributed by atoms with E-state index in [2.05, 4.69) is 28.6 Å². The molecule has 170 valence electrons. The van der Waals surface area contributed by atoms with Gasteiger partial charge in [-0.25, -0.2) is 0 Å². The lowest BCUT2D eigenvalue weighted by Gasteiger charge is -2.29. The normalized spacial score (nSPS) is 15.2. The number of ether oxygens (including phenoxy) is 4. The maximum atomic E-state index is 5.69. The van der Waals surface area contributed by atoms with Gasteiger partial charge in [0.1, 0.15) is 29.0 Å². The standard InChI is InChI=1S/C27H28N2O4/c1-30-23-12-8-13-24(31-2)21(23)17-16-19-18-22(29(28-19)20-10-6-5-7-11-20)27-25(32-3)14-9-15-26(27)33-4/h5-18,22,28H,1-4H3. The molecule has 4 rings (SSSR count). The molecular formula is C27H28N2O4. The Balaban J connectivity index is 1.77. The van der Waals surface area contributed by atoms with Crippen molar-refractivity contribution >= 4 is 11.8 Å². The van der Waals surface area contributed by atoms with Crippen LogP contribution >= 0.6 is 0 Å². The van der Waals surface area contributed by atoms with Gasteiger partial charge in [0, 0.05) is 0 Å². The molecule has 6 nitrogen and oxygen atoms in total. The van der Waals surface area contributed by atoms with E-state index in [9.17, 15) is 0 Å². The summed E-state index contributed by atoms with van der Waals surface area (Å²) >= 11 is 0. The molecule has 1 N–H and O–H groups in total. The summed E-state index contributed by atoms with van der Waals surface area (Å²) in [4.78, 5) is 0. The molecule has 0 amide bonds. The van der Waals surface area contributed by atoms with E-state index in [1.165, 1.54) is 0 Å². The van der Waals surface area contributed by atoms with Crippen molar-refractivity contribution in [1.29, 1.82) is 0 Å². The van der Waals surface area contributed by atoms with Gasteiger partial charge in [0.05, 0.1) is 51.0 Å². The van der Waals surface area contributed by atoms with Crippen LogP contribution in [0.3, 0.4) is 0 Å². The molecule has 1 atom stereocenters. The first-order valence-corrected chi connectivity index (χ1v) is 10.6. The van der Waals surface area contributed by atoms with Gasteiger partial charge in [-0.05, 0) is 54.6 Å². The Kier molecular flexibility index (Phi) is 6.74. The van der Waals surface area contributed by atoms with E-state index in [1.54, 1.807) is 28.4 Å². The Hall–Kier alpha value is -4.06. The Morgan fingerprint density at radius 1 is 0.667 bits per heavy atom. The fraction of sp³-hybridized carbons (Fsp3) is 0.185. The highest BCUT2D eigenvalue weighted by Crippen LogP contribution is 2.42. The van der Waals surface area contributed by atoms with Crippen molar-refractivity contribution in [1.82, 2.24) is 5.43 Å². The summed E-state index contributed by atoms with van der Waals surface area (Å²) in [6, 6.07) is 21.6. The molecule has 1 heterocycles. The molecule has 0 saturated heterocycles. The third-order valence-corrected chi connectivity index (χ3v) is 5.56. The molecule has 0 bridgehead atoms. The summed E-state index contributed by atoms with van der Waals surface area (Å²) < 4.78 is 22.4.